The molecule has 3 N–H and O–H groups in total. The number of aromatic nitrogens is 2. The summed E-state index contributed by atoms with van der Waals surface area (Å²) in [4.78, 5) is 20.3. The van der Waals surface area contributed by atoms with E-state index in [0.29, 0.717) is 5.95 Å². The summed E-state index contributed by atoms with van der Waals surface area (Å²) >= 11 is 0. The molecule has 150 valence electrons. The molecule has 29 heavy (non-hydrogen) atoms. The number of nitrogens with zero attached hydrogens (tertiary/aromatic N) is 2. The molecule has 2 aromatic carbocycles. The minimum Gasteiger partial charge on any atom is -0.490 e. The Balaban J connectivity index is 1.51. The van der Waals surface area contributed by atoms with Gasteiger partial charge in [-0.05, 0) is 68.8 Å². The third-order valence-corrected chi connectivity index (χ3v) is 4.94. The van der Waals surface area contributed by atoms with Gasteiger partial charge in [0.25, 0.3) is 0 Å². The lowest BCUT2D eigenvalue weighted by Crippen LogP contribution is -2.34. The van der Waals surface area contributed by atoms with Crippen molar-refractivity contribution >= 4 is 34.1 Å². The fraction of sp³-hybridized carbons (Fsp3) is 0.318. The molecule has 4 rings (SSSR count). The SMILES string of the molecule is CC(=O)Nc1ccc(Nc2ncc3ccc(OC4CCNCC4)cc3n2)cc1C. The third-order valence-electron chi connectivity index (χ3n) is 4.94. The number of rotatable bonds is 5. The van der Waals surface area contributed by atoms with E-state index in [1.54, 1.807) is 6.20 Å². The Morgan fingerprint density at radius 3 is 2.76 bits per heavy atom. The van der Waals surface area contributed by atoms with Crippen molar-refractivity contribution in [1.82, 2.24) is 15.3 Å². The van der Waals surface area contributed by atoms with Gasteiger partial charge in [0, 0.05) is 35.9 Å². The molecule has 0 unspecified atom stereocenters. The van der Waals surface area contributed by atoms with Crippen LogP contribution in [0.1, 0.15) is 25.3 Å². The molecule has 1 aromatic heterocycles. The molecule has 0 aliphatic carbocycles. The number of ether oxygens (including phenoxy) is 1. The van der Waals surface area contributed by atoms with Gasteiger partial charge in [-0.25, -0.2) is 9.97 Å². The first-order valence-corrected chi connectivity index (χ1v) is 9.86. The Morgan fingerprint density at radius 1 is 1.17 bits per heavy atom. The van der Waals surface area contributed by atoms with E-state index < -0.39 is 0 Å². The molecule has 7 heteroatoms. The first kappa shape index (κ1) is 19.1. The van der Waals surface area contributed by atoms with E-state index in [9.17, 15) is 4.79 Å². The molecule has 0 radical (unpaired) electrons. The van der Waals surface area contributed by atoms with Crippen LogP contribution in [-0.4, -0.2) is 35.1 Å². The second-order valence-corrected chi connectivity index (χ2v) is 7.32. The van der Waals surface area contributed by atoms with Gasteiger partial charge in [-0.3, -0.25) is 4.79 Å². The van der Waals surface area contributed by atoms with E-state index in [1.807, 2.05) is 43.3 Å². The van der Waals surface area contributed by atoms with Crippen molar-refractivity contribution in [2.45, 2.75) is 32.8 Å². The number of hydrogen-bond acceptors (Lipinski definition) is 6. The van der Waals surface area contributed by atoms with Crippen LogP contribution in [-0.2, 0) is 4.79 Å². The minimum atomic E-state index is -0.0887. The van der Waals surface area contributed by atoms with E-state index in [2.05, 4.69) is 25.9 Å². The van der Waals surface area contributed by atoms with Crippen LogP contribution in [0.25, 0.3) is 10.9 Å². The lowest BCUT2D eigenvalue weighted by Gasteiger charge is -2.23. The Bertz CT molecular complexity index is 1030. The largest absolute Gasteiger partial charge is 0.490 e. The predicted octanol–water partition coefficient (Wildman–Crippen LogP) is 3.77. The zero-order valence-electron chi connectivity index (χ0n) is 16.7. The maximum Gasteiger partial charge on any atom is 0.227 e. The molecule has 0 spiro atoms. The fourth-order valence-corrected chi connectivity index (χ4v) is 3.44. The first-order valence-electron chi connectivity index (χ1n) is 9.86. The van der Waals surface area contributed by atoms with Crippen LogP contribution in [0.15, 0.2) is 42.6 Å². The normalized spacial score (nSPS) is 14.6. The zero-order chi connectivity index (χ0) is 20.2. The Kier molecular flexibility index (Phi) is 5.57. The molecule has 1 aliphatic heterocycles. The van der Waals surface area contributed by atoms with Gasteiger partial charge in [0.05, 0.1) is 5.52 Å². The molecule has 0 saturated carbocycles. The summed E-state index contributed by atoms with van der Waals surface area (Å²) in [6.45, 7) is 5.43. The van der Waals surface area contributed by atoms with Crippen LogP contribution < -0.4 is 20.7 Å². The average Bonchev–Trinajstić information content (AvgIpc) is 2.70. The van der Waals surface area contributed by atoms with Crippen LogP contribution in [0.4, 0.5) is 17.3 Å². The Hall–Kier alpha value is -3.19. The first-order chi connectivity index (χ1) is 14.1. The average molecular weight is 391 g/mol. The van der Waals surface area contributed by atoms with Crippen LogP contribution in [0.3, 0.4) is 0 Å². The maximum atomic E-state index is 11.3. The van der Waals surface area contributed by atoms with Crippen LogP contribution >= 0.6 is 0 Å². The van der Waals surface area contributed by atoms with Gasteiger partial charge in [0.2, 0.25) is 11.9 Å². The van der Waals surface area contributed by atoms with E-state index in [4.69, 9.17) is 4.74 Å². The van der Waals surface area contributed by atoms with Gasteiger partial charge in [-0.15, -0.1) is 0 Å². The van der Waals surface area contributed by atoms with Gasteiger partial charge >= 0.3 is 0 Å². The zero-order valence-corrected chi connectivity index (χ0v) is 16.7. The summed E-state index contributed by atoms with van der Waals surface area (Å²) < 4.78 is 6.13. The van der Waals surface area contributed by atoms with Crippen molar-refractivity contribution in [2.75, 3.05) is 23.7 Å². The number of carbonyl (C=O) groups excluding carboxylic acids is 1. The molecule has 0 bridgehead atoms. The molecule has 3 aromatic rings. The summed E-state index contributed by atoms with van der Waals surface area (Å²) in [7, 11) is 0. The quantitative estimate of drug-likeness (QED) is 0.614. The van der Waals surface area contributed by atoms with E-state index in [1.165, 1.54) is 6.92 Å². The van der Waals surface area contributed by atoms with Crippen molar-refractivity contribution in [2.24, 2.45) is 0 Å². The standard InChI is InChI=1S/C22H25N5O2/c1-14-11-17(4-6-20(14)25-15(2)28)26-22-24-13-16-3-5-19(12-21(16)27-22)29-18-7-9-23-10-8-18/h3-6,11-13,18,23H,7-10H2,1-2H3,(H,25,28)(H,24,26,27). The molecule has 1 amide bonds. The molecular weight excluding hydrogens is 366 g/mol. The van der Waals surface area contributed by atoms with Crippen molar-refractivity contribution in [3.63, 3.8) is 0 Å². The van der Waals surface area contributed by atoms with E-state index in [-0.39, 0.29) is 12.0 Å². The number of benzene rings is 2. The smallest absolute Gasteiger partial charge is 0.227 e. The van der Waals surface area contributed by atoms with Crippen molar-refractivity contribution < 1.29 is 9.53 Å². The number of anilines is 3. The van der Waals surface area contributed by atoms with Crippen molar-refractivity contribution in [1.29, 1.82) is 0 Å². The molecular formula is C22H25N5O2. The van der Waals surface area contributed by atoms with Gasteiger partial charge < -0.3 is 20.7 Å². The minimum absolute atomic E-state index is 0.0887. The molecule has 1 saturated heterocycles. The lowest BCUT2D eigenvalue weighted by molar-refractivity contribution is -0.114. The highest BCUT2D eigenvalue weighted by atomic mass is 16.5. The second kappa shape index (κ2) is 8.45. The van der Waals surface area contributed by atoms with E-state index in [0.717, 1.165) is 59.5 Å². The fourth-order valence-electron chi connectivity index (χ4n) is 3.44. The molecule has 0 atom stereocenters. The highest BCUT2D eigenvalue weighted by Gasteiger charge is 2.14. The number of carbonyl (C=O) groups is 1. The maximum absolute atomic E-state index is 11.3. The topological polar surface area (TPSA) is 88.2 Å². The van der Waals surface area contributed by atoms with Crippen LogP contribution in [0, 0.1) is 6.92 Å². The number of piperidine rings is 1. The molecule has 7 nitrogen and oxygen atoms in total. The summed E-state index contributed by atoms with van der Waals surface area (Å²) in [6.07, 6.45) is 4.08. The molecule has 1 fully saturated rings. The number of amides is 1. The summed E-state index contributed by atoms with van der Waals surface area (Å²) in [5.74, 6) is 1.27. The monoisotopic (exact) mass is 391 g/mol. The van der Waals surface area contributed by atoms with Crippen LogP contribution in [0.5, 0.6) is 5.75 Å². The molecule has 2 heterocycles. The third kappa shape index (κ3) is 4.81. The number of hydrogen-bond donors (Lipinski definition) is 3. The summed E-state index contributed by atoms with van der Waals surface area (Å²) in [6, 6.07) is 11.6. The summed E-state index contributed by atoms with van der Waals surface area (Å²) in [5, 5.41) is 10.4. The molecule has 1 aliphatic rings. The Morgan fingerprint density at radius 2 is 2.00 bits per heavy atom. The van der Waals surface area contributed by atoms with Gasteiger partial charge in [-0.1, -0.05) is 0 Å². The number of fused-ring (bicyclic) bond motifs is 1. The lowest BCUT2D eigenvalue weighted by atomic mass is 10.1. The number of nitrogens with one attached hydrogen (secondary N) is 3. The highest BCUT2D eigenvalue weighted by Crippen LogP contribution is 2.25. The van der Waals surface area contributed by atoms with Gasteiger partial charge in [0.1, 0.15) is 11.9 Å². The number of aryl methyl sites for hydroxylation is 1. The highest BCUT2D eigenvalue weighted by molar-refractivity contribution is 5.90. The predicted molar refractivity (Wildman–Crippen MR) is 115 cm³/mol. The Labute approximate surface area is 169 Å². The summed E-state index contributed by atoms with van der Waals surface area (Å²) in [5.41, 5.74) is 3.45. The van der Waals surface area contributed by atoms with Crippen LogP contribution in [0.2, 0.25) is 0 Å². The van der Waals surface area contributed by atoms with Crippen molar-refractivity contribution in [3.8, 4) is 5.75 Å². The van der Waals surface area contributed by atoms with E-state index >= 15 is 0 Å². The van der Waals surface area contributed by atoms with Crippen molar-refractivity contribution in [3.05, 3.63) is 48.2 Å². The van der Waals surface area contributed by atoms with Gasteiger partial charge in [0.15, 0.2) is 0 Å². The van der Waals surface area contributed by atoms with Gasteiger partial charge in [-0.2, -0.15) is 0 Å². The second-order valence-electron chi connectivity index (χ2n) is 7.32.